The first-order valence-electron chi connectivity index (χ1n) is 15.0. The zero-order chi connectivity index (χ0) is 31.6. The molecule has 1 heterocycles. The molecule has 1 unspecified atom stereocenters. The van der Waals surface area contributed by atoms with E-state index < -0.39 is 23.8 Å². The van der Waals surface area contributed by atoms with Crippen molar-refractivity contribution in [3.8, 4) is 34.5 Å². The Balaban J connectivity index is 1.53. The van der Waals surface area contributed by atoms with Gasteiger partial charge in [-0.05, 0) is 61.9 Å². The number of carbonyl (C=O) groups is 3. The minimum atomic E-state index is -0.807. The number of benzene rings is 2. The first-order chi connectivity index (χ1) is 21.4. The Labute approximate surface area is 258 Å². The zero-order valence-electron chi connectivity index (χ0n) is 26.2. The third-order valence-electron chi connectivity index (χ3n) is 8.33. The van der Waals surface area contributed by atoms with Crippen LogP contribution in [0.5, 0.6) is 34.5 Å². The van der Waals surface area contributed by atoms with Crippen LogP contribution in [0.15, 0.2) is 30.3 Å². The summed E-state index contributed by atoms with van der Waals surface area (Å²) >= 11 is 0. The van der Waals surface area contributed by atoms with E-state index in [1.54, 1.807) is 42.3 Å². The molecule has 0 spiro atoms. The number of piperidine rings is 1. The highest BCUT2D eigenvalue weighted by Crippen LogP contribution is 2.44. The van der Waals surface area contributed by atoms with Gasteiger partial charge in [0.05, 0.1) is 41.5 Å². The molecule has 2 aromatic carbocycles. The molecule has 2 aliphatic rings. The van der Waals surface area contributed by atoms with E-state index in [1.165, 1.54) is 28.4 Å². The van der Waals surface area contributed by atoms with Crippen molar-refractivity contribution in [2.45, 2.75) is 56.9 Å². The van der Waals surface area contributed by atoms with E-state index in [-0.39, 0.29) is 24.9 Å². The quantitative estimate of drug-likeness (QED) is 0.235. The van der Waals surface area contributed by atoms with Crippen molar-refractivity contribution < 1.29 is 47.5 Å². The molecule has 1 saturated carbocycles. The fourth-order valence-corrected chi connectivity index (χ4v) is 6.11. The molecule has 11 heteroatoms. The van der Waals surface area contributed by atoms with Gasteiger partial charge in [-0.3, -0.25) is 9.59 Å². The molecule has 2 fully saturated rings. The molecule has 3 atom stereocenters. The van der Waals surface area contributed by atoms with E-state index in [0.717, 1.165) is 25.7 Å². The highest BCUT2D eigenvalue weighted by Gasteiger charge is 2.43. The summed E-state index contributed by atoms with van der Waals surface area (Å²) in [5.41, 5.74) is 0.589. The van der Waals surface area contributed by atoms with Crippen LogP contribution in [0.2, 0.25) is 0 Å². The first-order valence-corrected chi connectivity index (χ1v) is 15.0. The number of hydrogen-bond acceptors (Lipinski definition) is 10. The lowest BCUT2D eigenvalue weighted by Crippen LogP contribution is -2.52. The number of hydrogen-bond donors (Lipinski definition) is 0. The Morgan fingerprint density at radius 3 is 2.11 bits per heavy atom. The van der Waals surface area contributed by atoms with Gasteiger partial charge in [-0.2, -0.15) is 0 Å². The van der Waals surface area contributed by atoms with Gasteiger partial charge in [0.15, 0.2) is 23.0 Å². The molecule has 0 bridgehead atoms. The number of rotatable bonds is 13. The van der Waals surface area contributed by atoms with Crippen molar-refractivity contribution in [3.05, 3.63) is 35.9 Å². The normalized spacial score (nSPS) is 19.0. The largest absolute Gasteiger partial charge is 0.493 e. The maximum Gasteiger partial charge on any atom is 0.328 e. The predicted molar refractivity (Wildman–Crippen MR) is 161 cm³/mol. The highest BCUT2D eigenvalue weighted by atomic mass is 16.6. The van der Waals surface area contributed by atoms with Crippen LogP contribution in [0.1, 0.15) is 56.4 Å². The van der Waals surface area contributed by atoms with Gasteiger partial charge >= 0.3 is 5.97 Å². The SMILES string of the molecule is COc1ccc(OCCOC(=O)[C@@H]2CCCCN2C(=O)C(c2cc(OC)c(OC)c(OC)c2)[C@H]2CCCCC2=O)cc1OC. The Morgan fingerprint density at radius 1 is 0.795 bits per heavy atom. The highest BCUT2D eigenvalue weighted by molar-refractivity contribution is 5.95. The second kappa shape index (κ2) is 15.5. The molecule has 2 aromatic rings. The summed E-state index contributed by atoms with van der Waals surface area (Å²) in [6.45, 7) is 0.512. The number of ether oxygens (including phenoxy) is 7. The monoisotopic (exact) mass is 613 g/mol. The molecule has 1 amide bonds. The van der Waals surface area contributed by atoms with E-state index in [2.05, 4.69) is 0 Å². The molecule has 1 aliphatic carbocycles. The lowest BCUT2D eigenvalue weighted by atomic mass is 9.74. The summed E-state index contributed by atoms with van der Waals surface area (Å²) in [6.07, 6.45) is 4.65. The predicted octanol–water partition coefficient (Wildman–Crippen LogP) is 4.58. The summed E-state index contributed by atoms with van der Waals surface area (Å²) in [4.78, 5) is 42.6. The van der Waals surface area contributed by atoms with E-state index >= 15 is 0 Å². The van der Waals surface area contributed by atoms with Gasteiger partial charge in [0, 0.05) is 24.9 Å². The standard InChI is InChI=1S/C33H43NO10/c1-38-26-14-13-22(20-27(26)39-2)43-16-17-44-33(37)24-11-8-9-15-34(24)32(36)30(23-10-6-7-12-25(23)35)21-18-28(40-3)31(42-5)29(19-21)41-4/h13-14,18-20,23-24,30H,6-12,15-17H2,1-5H3/t23-,24-,30?/m0/s1. The van der Waals surface area contributed by atoms with Crippen molar-refractivity contribution >= 4 is 17.7 Å². The zero-order valence-corrected chi connectivity index (χ0v) is 26.2. The van der Waals surface area contributed by atoms with Crippen molar-refractivity contribution in [3.63, 3.8) is 0 Å². The van der Waals surface area contributed by atoms with Gasteiger partial charge in [-0.1, -0.05) is 6.42 Å². The van der Waals surface area contributed by atoms with Crippen molar-refractivity contribution in [2.75, 3.05) is 55.3 Å². The van der Waals surface area contributed by atoms with E-state index in [9.17, 15) is 14.4 Å². The number of methoxy groups -OCH3 is 5. The Bertz CT molecular complexity index is 1290. The molecule has 0 radical (unpaired) electrons. The van der Waals surface area contributed by atoms with E-state index in [1.807, 2.05) is 0 Å². The lowest BCUT2D eigenvalue weighted by Gasteiger charge is -2.39. The van der Waals surface area contributed by atoms with Gasteiger partial charge < -0.3 is 38.1 Å². The third kappa shape index (κ3) is 7.31. The maximum atomic E-state index is 14.4. The van der Waals surface area contributed by atoms with E-state index in [0.29, 0.717) is 65.9 Å². The van der Waals surface area contributed by atoms with E-state index in [4.69, 9.17) is 33.2 Å². The number of esters is 1. The number of likely N-dealkylation sites (tertiary alicyclic amines) is 1. The van der Waals surface area contributed by atoms with Crippen LogP contribution in [0.3, 0.4) is 0 Å². The van der Waals surface area contributed by atoms with Gasteiger partial charge in [0.1, 0.15) is 30.8 Å². The minimum absolute atomic E-state index is 0.00310. The maximum absolute atomic E-state index is 14.4. The molecule has 1 saturated heterocycles. The smallest absolute Gasteiger partial charge is 0.328 e. The van der Waals surface area contributed by atoms with Crippen LogP contribution in [-0.2, 0) is 19.1 Å². The van der Waals surface area contributed by atoms with Gasteiger partial charge in [-0.15, -0.1) is 0 Å². The molecular weight excluding hydrogens is 570 g/mol. The fourth-order valence-electron chi connectivity index (χ4n) is 6.11. The minimum Gasteiger partial charge on any atom is -0.493 e. The molecular formula is C33H43NO10. The van der Waals surface area contributed by atoms with Crippen LogP contribution in [0, 0.1) is 5.92 Å². The molecule has 0 aromatic heterocycles. The average molecular weight is 614 g/mol. The molecule has 240 valence electrons. The van der Waals surface area contributed by atoms with Crippen molar-refractivity contribution in [1.82, 2.24) is 4.90 Å². The van der Waals surface area contributed by atoms with Crippen LogP contribution in [0.4, 0.5) is 0 Å². The van der Waals surface area contributed by atoms with Gasteiger partial charge in [0.2, 0.25) is 11.7 Å². The summed E-state index contributed by atoms with van der Waals surface area (Å²) in [6, 6.07) is 7.86. The Hall–Kier alpha value is -4.15. The first kappa shape index (κ1) is 32.8. The summed E-state index contributed by atoms with van der Waals surface area (Å²) < 4.78 is 38.5. The molecule has 11 nitrogen and oxygen atoms in total. The number of Topliss-reactive ketones (excluding diaryl/α,β-unsaturated/α-hetero) is 1. The second-order valence-electron chi connectivity index (χ2n) is 10.8. The number of nitrogens with zero attached hydrogens (tertiary/aromatic N) is 1. The van der Waals surface area contributed by atoms with Crippen molar-refractivity contribution in [2.24, 2.45) is 5.92 Å². The second-order valence-corrected chi connectivity index (χ2v) is 10.8. The van der Waals surface area contributed by atoms with Crippen LogP contribution in [0.25, 0.3) is 0 Å². The topological polar surface area (TPSA) is 119 Å². The number of ketones is 1. The number of amides is 1. The summed E-state index contributed by atoms with van der Waals surface area (Å²) in [5.74, 6) is 0.782. The average Bonchev–Trinajstić information content (AvgIpc) is 3.06. The number of carbonyl (C=O) groups excluding carboxylic acids is 3. The van der Waals surface area contributed by atoms with Crippen LogP contribution < -0.4 is 28.4 Å². The Morgan fingerprint density at radius 2 is 1.48 bits per heavy atom. The summed E-state index contributed by atoms with van der Waals surface area (Å²) in [7, 11) is 7.62. The third-order valence-corrected chi connectivity index (χ3v) is 8.33. The van der Waals surface area contributed by atoms with Crippen LogP contribution >= 0.6 is 0 Å². The van der Waals surface area contributed by atoms with Gasteiger partial charge in [-0.25, -0.2) is 4.79 Å². The molecule has 4 rings (SSSR count). The van der Waals surface area contributed by atoms with Crippen molar-refractivity contribution in [1.29, 1.82) is 0 Å². The molecule has 0 N–H and O–H groups in total. The fraction of sp³-hybridized carbons (Fsp3) is 0.545. The lowest BCUT2D eigenvalue weighted by molar-refractivity contribution is -0.159. The van der Waals surface area contributed by atoms with Crippen LogP contribution in [-0.4, -0.2) is 83.9 Å². The van der Waals surface area contributed by atoms with Gasteiger partial charge in [0.25, 0.3) is 0 Å². The Kier molecular flexibility index (Phi) is 11.6. The summed E-state index contributed by atoms with van der Waals surface area (Å²) in [5, 5.41) is 0. The molecule has 1 aliphatic heterocycles. The molecule has 44 heavy (non-hydrogen) atoms.